The molecule has 2 aromatic carbocycles. The number of allylic oxidation sites excluding steroid dienone is 1. The van der Waals surface area contributed by atoms with E-state index in [2.05, 4.69) is 16.7 Å². The van der Waals surface area contributed by atoms with Gasteiger partial charge in [-0.3, -0.25) is 10.2 Å². The molecule has 1 amide bonds. The van der Waals surface area contributed by atoms with Crippen molar-refractivity contribution < 1.29 is 22.7 Å². The predicted octanol–water partition coefficient (Wildman–Crippen LogP) is 3.93. The van der Waals surface area contributed by atoms with Gasteiger partial charge in [0.25, 0.3) is 5.91 Å². The van der Waals surface area contributed by atoms with Crippen molar-refractivity contribution in [2.24, 2.45) is 10.1 Å². The molecule has 0 aliphatic carbocycles. The Balaban J connectivity index is 1.70. The molecule has 186 valence electrons. The molecule has 0 radical (unpaired) electrons. The molecule has 0 spiro atoms. The Morgan fingerprint density at radius 3 is 2.64 bits per heavy atom. The number of ether oxygens (including phenoxy) is 2. The van der Waals surface area contributed by atoms with E-state index in [1.807, 2.05) is 37.3 Å². The Morgan fingerprint density at radius 2 is 1.97 bits per heavy atom. The number of benzene rings is 2. The molecule has 2 aromatic rings. The summed E-state index contributed by atoms with van der Waals surface area (Å²) in [5.74, 6) is 0.0995. The van der Waals surface area contributed by atoms with Gasteiger partial charge in [0.1, 0.15) is 6.61 Å². The SMILES string of the molecule is C=CCc1cc(/C=C2\C(=N)N3N=C(S(C)(=O)=O)SC3=NC2=O)cc(OC)c1OCc1ccccc1C. The summed E-state index contributed by atoms with van der Waals surface area (Å²) in [5.41, 5.74) is 3.50. The Kier molecular flexibility index (Phi) is 7.14. The highest BCUT2D eigenvalue weighted by Crippen LogP contribution is 2.36. The van der Waals surface area contributed by atoms with Crippen molar-refractivity contribution in [2.45, 2.75) is 20.0 Å². The quantitative estimate of drug-likeness (QED) is 0.430. The molecule has 4 rings (SSSR count). The van der Waals surface area contributed by atoms with E-state index in [0.29, 0.717) is 30.1 Å². The van der Waals surface area contributed by atoms with Crippen LogP contribution < -0.4 is 9.47 Å². The number of carbonyl (C=O) groups excluding carboxylic acids is 1. The van der Waals surface area contributed by atoms with Gasteiger partial charge in [0.15, 0.2) is 17.3 Å². The van der Waals surface area contributed by atoms with Crippen LogP contribution in [0.25, 0.3) is 6.08 Å². The van der Waals surface area contributed by atoms with Crippen LogP contribution >= 0.6 is 11.8 Å². The fraction of sp³-hybridized carbons (Fsp3) is 0.200. The second kappa shape index (κ2) is 10.1. The summed E-state index contributed by atoms with van der Waals surface area (Å²) >= 11 is 0.740. The van der Waals surface area contributed by atoms with Gasteiger partial charge in [-0.1, -0.05) is 30.3 Å². The molecule has 1 N–H and O–H groups in total. The summed E-state index contributed by atoms with van der Waals surface area (Å²) in [4.78, 5) is 16.7. The number of thioether (sulfide) groups is 1. The van der Waals surface area contributed by atoms with E-state index in [1.54, 1.807) is 12.1 Å². The van der Waals surface area contributed by atoms with Crippen LogP contribution in [0.15, 0.2) is 64.7 Å². The lowest BCUT2D eigenvalue weighted by atomic mass is 10.0. The van der Waals surface area contributed by atoms with Crippen LogP contribution in [0, 0.1) is 12.3 Å². The third-order valence-electron chi connectivity index (χ3n) is 5.44. The van der Waals surface area contributed by atoms with Gasteiger partial charge in [-0.05, 0) is 60.0 Å². The van der Waals surface area contributed by atoms with Crippen LogP contribution in [0.1, 0.15) is 22.3 Å². The Labute approximate surface area is 213 Å². The zero-order valence-corrected chi connectivity index (χ0v) is 21.6. The maximum absolute atomic E-state index is 12.7. The molecule has 0 unspecified atom stereocenters. The molecule has 9 nitrogen and oxygen atoms in total. The number of amides is 1. The van der Waals surface area contributed by atoms with Crippen LogP contribution in [0.3, 0.4) is 0 Å². The zero-order valence-electron chi connectivity index (χ0n) is 19.9. The number of hydrazone groups is 1. The Hall–Kier alpha value is -3.70. The molecule has 0 fully saturated rings. The maximum Gasteiger partial charge on any atom is 0.283 e. The van der Waals surface area contributed by atoms with Gasteiger partial charge < -0.3 is 9.47 Å². The highest BCUT2D eigenvalue weighted by atomic mass is 32.3. The Morgan fingerprint density at radius 1 is 1.22 bits per heavy atom. The number of nitrogens with zero attached hydrogens (tertiary/aromatic N) is 3. The molecule has 0 atom stereocenters. The summed E-state index contributed by atoms with van der Waals surface area (Å²) < 4.78 is 35.3. The molecule has 0 saturated carbocycles. The van der Waals surface area contributed by atoms with Gasteiger partial charge in [0.2, 0.25) is 19.4 Å². The molecule has 36 heavy (non-hydrogen) atoms. The second-order valence-electron chi connectivity index (χ2n) is 8.08. The molecule has 2 heterocycles. The average Bonchev–Trinajstić information content (AvgIpc) is 3.27. The molecular weight excluding hydrogens is 500 g/mol. The molecule has 2 aliphatic heterocycles. The minimum atomic E-state index is -3.61. The van der Waals surface area contributed by atoms with Crippen molar-refractivity contribution in [3.05, 3.63) is 76.9 Å². The van der Waals surface area contributed by atoms with Gasteiger partial charge in [-0.15, -0.1) is 11.7 Å². The first-order valence-corrected chi connectivity index (χ1v) is 13.5. The van der Waals surface area contributed by atoms with E-state index in [-0.39, 0.29) is 21.0 Å². The minimum Gasteiger partial charge on any atom is -0.493 e. The van der Waals surface area contributed by atoms with Gasteiger partial charge >= 0.3 is 0 Å². The molecule has 0 aromatic heterocycles. The van der Waals surface area contributed by atoms with Crippen molar-refractivity contribution in [3.63, 3.8) is 0 Å². The summed E-state index contributed by atoms with van der Waals surface area (Å²) in [7, 11) is -2.08. The van der Waals surface area contributed by atoms with Crippen LogP contribution in [0.5, 0.6) is 11.5 Å². The first-order chi connectivity index (χ1) is 17.1. The van der Waals surface area contributed by atoms with Crippen LogP contribution in [0.2, 0.25) is 0 Å². The minimum absolute atomic E-state index is 0.0296. The number of aryl methyl sites for hydroxylation is 1. The fourth-order valence-corrected chi connectivity index (χ4v) is 5.29. The van der Waals surface area contributed by atoms with E-state index in [0.717, 1.165) is 39.7 Å². The van der Waals surface area contributed by atoms with E-state index >= 15 is 0 Å². The van der Waals surface area contributed by atoms with Crippen molar-refractivity contribution >= 4 is 49.0 Å². The molecule has 2 aliphatic rings. The number of hydrogen-bond donors (Lipinski definition) is 1. The normalized spacial score (nSPS) is 16.5. The number of aliphatic imine (C=N–C) groups is 1. The molecule has 0 bridgehead atoms. The largest absolute Gasteiger partial charge is 0.493 e. The van der Waals surface area contributed by atoms with Crippen LogP contribution in [-0.2, 0) is 27.7 Å². The highest BCUT2D eigenvalue weighted by Gasteiger charge is 2.38. The highest BCUT2D eigenvalue weighted by molar-refractivity contribution is 8.42. The topological polar surface area (TPSA) is 121 Å². The third kappa shape index (κ3) is 5.12. The van der Waals surface area contributed by atoms with E-state index in [1.165, 1.54) is 13.2 Å². The van der Waals surface area contributed by atoms with Crippen molar-refractivity contribution in [1.29, 1.82) is 5.41 Å². The molecule has 0 saturated heterocycles. The predicted molar refractivity (Wildman–Crippen MR) is 142 cm³/mol. The van der Waals surface area contributed by atoms with E-state index < -0.39 is 15.7 Å². The first kappa shape index (κ1) is 25.4. The lowest BCUT2D eigenvalue weighted by Crippen LogP contribution is -2.35. The molecule has 11 heteroatoms. The standard InChI is InChI=1S/C25H24N4O5S2/c1-5-8-17-11-16(13-20(33-3)21(17)34-14-18-10-7-6-9-15(18)2)12-19-22(26)29-24(27-23(19)30)35-25(28-29)36(4,31)32/h5-7,9-13,26H,1,8,14H2,2-4H3/b19-12+,26-22?. The number of nitrogens with one attached hydrogen (secondary N) is 1. The summed E-state index contributed by atoms with van der Waals surface area (Å²) in [6.07, 6.45) is 4.73. The summed E-state index contributed by atoms with van der Waals surface area (Å²) in [6, 6.07) is 11.5. The van der Waals surface area contributed by atoms with Gasteiger partial charge in [0.05, 0.1) is 12.7 Å². The van der Waals surface area contributed by atoms with Gasteiger partial charge in [-0.25, -0.2) is 8.42 Å². The zero-order chi connectivity index (χ0) is 26.0. The third-order valence-corrected chi connectivity index (χ3v) is 8.01. The average molecular weight is 525 g/mol. The maximum atomic E-state index is 12.7. The lowest BCUT2D eigenvalue weighted by Gasteiger charge is -2.20. The first-order valence-electron chi connectivity index (χ1n) is 10.8. The fourth-order valence-electron chi connectivity index (χ4n) is 3.60. The van der Waals surface area contributed by atoms with Gasteiger partial charge in [0, 0.05) is 11.8 Å². The second-order valence-corrected chi connectivity index (χ2v) is 11.2. The number of methoxy groups -OCH3 is 1. The number of rotatable bonds is 7. The van der Waals surface area contributed by atoms with Crippen molar-refractivity contribution in [1.82, 2.24) is 5.01 Å². The Bertz CT molecular complexity index is 1480. The van der Waals surface area contributed by atoms with Crippen molar-refractivity contribution in [3.8, 4) is 11.5 Å². The smallest absolute Gasteiger partial charge is 0.283 e. The summed E-state index contributed by atoms with van der Waals surface area (Å²) in [5, 5.41) is 13.5. The van der Waals surface area contributed by atoms with Gasteiger partial charge in [-0.2, -0.15) is 10.0 Å². The number of hydrogen-bond acceptors (Lipinski definition) is 8. The number of sulfone groups is 1. The van der Waals surface area contributed by atoms with Crippen LogP contribution in [0.4, 0.5) is 0 Å². The number of fused-ring (bicyclic) bond motifs is 1. The van der Waals surface area contributed by atoms with E-state index in [4.69, 9.17) is 14.9 Å². The lowest BCUT2D eigenvalue weighted by molar-refractivity contribution is -0.114. The monoisotopic (exact) mass is 524 g/mol. The van der Waals surface area contributed by atoms with E-state index in [9.17, 15) is 13.2 Å². The molecular formula is C25H24N4O5S2. The van der Waals surface area contributed by atoms with Crippen molar-refractivity contribution in [2.75, 3.05) is 13.4 Å². The number of amidine groups is 2. The number of carbonyl (C=O) groups is 1. The summed E-state index contributed by atoms with van der Waals surface area (Å²) in [6.45, 7) is 6.19. The van der Waals surface area contributed by atoms with Crippen LogP contribution in [-0.4, -0.2) is 48.1 Å².